The molecule has 0 saturated carbocycles. The maximum atomic E-state index is 13.2. The quantitative estimate of drug-likeness (QED) is 0.252. The van der Waals surface area contributed by atoms with Crippen molar-refractivity contribution in [1.82, 2.24) is 20.2 Å². The largest absolute Gasteiger partial charge is 0.445 e. The smallest absolute Gasteiger partial charge is 0.410 e. The van der Waals surface area contributed by atoms with Crippen molar-refractivity contribution in [3.8, 4) is 0 Å². The predicted octanol–water partition coefficient (Wildman–Crippen LogP) is 6.23. The van der Waals surface area contributed by atoms with E-state index in [-0.39, 0.29) is 42.4 Å². The number of fused-ring (bicyclic) bond motifs is 1. The topological polar surface area (TPSA) is 120 Å². The van der Waals surface area contributed by atoms with E-state index >= 15 is 0 Å². The van der Waals surface area contributed by atoms with Gasteiger partial charge in [-0.15, -0.1) is 11.3 Å². The number of halogens is 1. The van der Waals surface area contributed by atoms with Crippen LogP contribution in [0.2, 0.25) is 5.02 Å². The number of hydrogen-bond donors (Lipinski definition) is 2. The molecule has 0 saturated heterocycles. The van der Waals surface area contributed by atoms with Gasteiger partial charge >= 0.3 is 12.1 Å². The molecule has 5 rings (SSSR count). The third-order valence-corrected chi connectivity index (χ3v) is 7.94. The molecule has 0 bridgehead atoms. The Bertz CT molecular complexity index is 1650. The number of anilines is 5. The molecule has 2 aromatic carbocycles. The second kappa shape index (κ2) is 13.1. The van der Waals surface area contributed by atoms with Crippen LogP contribution in [0.15, 0.2) is 65.5 Å². The summed E-state index contributed by atoms with van der Waals surface area (Å²) in [4.78, 5) is 52.4. The molecular weight excluding hydrogens is 590 g/mol. The zero-order valence-corrected chi connectivity index (χ0v) is 25.4. The highest BCUT2D eigenvalue weighted by Crippen LogP contribution is 2.35. The number of thiophene rings is 1. The van der Waals surface area contributed by atoms with Gasteiger partial charge in [0.2, 0.25) is 11.9 Å². The molecule has 0 radical (unpaired) electrons. The summed E-state index contributed by atoms with van der Waals surface area (Å²) in [6, 6.07) is 14.4. The average molecular weight is 620 g/mol. The van der Waals surface area contributed by atoms with E-state index in [1.54, 1.807) is 4.90 Å². The van der Waals surface area contributed by atoms with Gasteiger partial charge in [-0.05, 0) is 48.1 Å². The van der Waals surface area contributed by atoms with Crippen LogP contribution in [-0.2, 0) is 22.7 Å². The number of carbonyl (C=O) groups excluding carboxylic acids is 3. The minimum atomic E-state index is -0.563. The first kappa shape index (κ1) is 29.8. The van der Waals surface area contributed by atoms with Crippen LogP contribution in [0.4, 0.5) is 38.4 Å². The third kappa shape index (κ3) is 6.55. The van der Waals surface area contributed by atoms with Gasteiger partial charge in [0.25, 0.3) is 0 Å². The Hall–Kier alpha value is -4.68. The first-order chi connectivity index (χ1) is 20.8. The second-order valence-electron chi connectivity index (χ2n) is 9.70. The summed E-state index contributed by atoms with van der Waals surface area (Å²) < 4.78 is 5.50. The van der Waals surface area contributed by atoms with Crippen LogP contribution in [0.3, 0.4) is 0 Å². The number of hydrogen-bond acceptors (Lipinski definition) is 8. The zero-order chi connectivity index (χ0) is 30.5. The van der Waals surface area contributed by atoms with E-state index in [1.165, 1.54) is 34.4 Å². The number of nitrogens with zero attached hydrogens (tertiary/aromatic N) is 5. The van der Waals surface area contributed by atoms with Crippen LogP contribution in [0, 0.1) is 6.92 Å². The first-order valence-corrected chi connectivity index (χ1v) is 14.8. The summed E-state index contributed by atoms with van der Waals surface area (Å²) in [6.07, 6.45) is 0.862. The Kier molecular flexibility index (Phi) is 9.07. The van der Waals surface area contributed by atoms with Gasteiger partial charge in [0.05, 0.1) is 24.1 Å². The summed E-state index contributed by atoms with van der Waals surface area (Å²) in [5.74, 6) is 0.187. The molecule has 0 unspecified atom stereocenters. The minimum absolute atomic E-state index is 0.111. The van der Waals surface area contributed by atoms with Gasteiger partial charge in [-0.25, -0.2) is 19.5 Å². The molecule has 222 valence electrons. The monoisotopic (exact) mass is 619 g/mol. The number of urea groups is 1. The van der Waals surface area contributed by atoms with Crippen molar-refractivity contribution in [2.75, 3.05) is 35.3 Å². The first-order valence-electron chi connectivity index (χ1n) is 13.5. The van der Waals surface area contributed by atoms with E-state index in [0.717, 1.165) is 16.7 Å². The van der Waals surface area contributed by atoms with Crippen molar-refractivity contribution >= 4 is 69.8 Å². The fourth-order valence-corrected chi connectivity index (χ4v) is 5.66. The van der Waals surface area contributed by atoms with Crippen molar-refractivity contribution in [1.29, 1.82) is 0 Å². The fraction of sp³-hybridized carbons (Fsp3) is 0.233. The lowest BCUT2D eigenvalue weighted by Crippen LogP contribution is -2.40. The van der Waals surface area contributed by atoms with Gasteiger partial charge < -0.3 is 20.3 Å². The van der Waals surface area contributed by atoms with Gasteiger partial charge in [-0.1, -0.05) is 48.0 Å². The van der Waals surface area contributed by atoms with E-state index in [1.807, 2.05) is 73.1 Å². The summed E-state index contributed by atoms with van der Waals surface area (Å²) in [6.45, 7) is 4.39. The highest BCUT2D eigenvalue weighted by molar-refractivity contribution is 7.08. The van der Waals surface area contributed by atoms with Crippen molar-refractivity contribution in [2.45, 2.75) is 27.0 Å². The lowest BCUT2D eigenvalue weighted by atomic mass is 10.1. The van der Waals surface area contributed by atoms with Crippen molar-refractivity contribution in [3.05, 3.63) is 87.2 Å². The fourth-order valence-electron chi connectivity index (χ4n) is 4.68. The Morgan fingerprint density at radius 3 is 2.63 bits per heavy atom. The number of likely N-dealkylation sites (N-methyl/N-ethyl adjacent to an activating group) is 1. The van der Waals surface area contributed by atoms with Crippen LogP contribution in [0.5, 0.6) is 0 Å². The number of nitrogens with one attached hydrogen (secondary N) is 2. The Morgan fingerprint density at radius 2 is 1.93 bits per heavy atom. The van der Waals surface area contributed by atoms with Crippen molar-refractivity contribution < 1.29 is 19.1 Å². The summed E-state index contributed by atoms with van der Waals surface area (Å²) >= 11 is 7.93. The van der Waals surface area contributed by atoms with Gasteiger partial charge in [0, 0.05) is 24.7 Å². The molecule has 11 nitrogen and oxygen atoms in total. The Morgan fingerprint density at radius 1 is 1.14 bits per heavy atom. The number of aryl methyl sites for hydroxylation is 1. The molecule has 0 fully saturated rings. The SMILES string of the molecule is CCN1C(=O)CN(C(=O)OCc2ccccc2)Cc2ccc(Nc3ncc(Cl)c(N(C(=O)NC)c4cscc4C)n3)cc21. The van der Waals surface area contributed by atoms with Crippen LogP contribution in [-0.4, -0.2) is 53.0 Å². The van der Waals surface area contributed by atoms with Gasteiger partial charge in [-0.2, -0.15) is 4.98 Å². The van der Waals surface area contributed by atoms with Gasteiger partial charge in [0.1, 0.15) is 18.2 Å². The van der Waals surface area contributed by atoms with Crippen molar-refractivity contribution in [2.24, 2.45) is 0 Å². The highest BCUT2D eigenvalue weighted by atomic mass is 35.5. The Labute approximate surface area is 258 Å². The molecule has 4 amide bonds. The zero-order valence-electron chi connectivity index (χ0n) is 23.8. The number of ether oxygens (including phenoxy) is 1. The van der Waals surface area contributed by atoms with Crippen LogP contribution < -0.4 is 20.4 Å². The van der Waals surface area contributed by atoms with E-state index < -0.39 is 12.1 Å². The molecule has 2 aromatic heterocycles. The molecule has 2 N–H and O–H groups in total. The molecule has 13 heteroatoms. The van der Waals surface area contributed by atoms with Gasteiger partial charge in [0.15, 0.2) is 5.82 Å². The van der Waals surface area contributed by atoms with Gasteiger partial charge in [-0.3, -0.25) is 9.69 Å². The molecule has 3 heterocycles. The van der Waals surface area contributed by atoms with Crippen LogP contribution >= 0.6 is 22.9 Å². The van der Waals surface area contributed by atoms with E-state index in [9.17, 15) is 14.4 Å². The molecular formula is C30H30ClN7O4S. The van der Waals surface area contributed by atoms with E-state index in [2.05, 4.69) is 20.6 Å². The lowest BCUT2D eigenvalue weighted by molar-refractivity contribution is -0.119. The number of rotatable bonds is 7. The number of benzene rings is 2. The second-order valence-corrected chi connectivity index (χ2v) is 10.8. The molecule has 43 heavy (non-hydrogen) atoms. The summed E-state index contributed by atoms with van der Waals surface area (Å²) in [5.41, 5.74) is 4.46. The summed E-state index contributed by atoms with van der Waals surface area (Å²) in [5, 5.41) is 9.78. The van der Waals surface area contributed by atoms with Crippen LogP contribution in [0.25, 0.3) is 0 Å². The van der Waals surface area contributed by atoms with E-state index in [0.29, 0.717) is 23.6 Å². The minimum Gasteiger partial charge on any atom is -0.445 e. The molecule has 0 aliphatic carbocycles. The van der Waals surface area contributed by atoms with Crippen molar-refractivity contribution in [3.63, 3.8) is 0 Å². The number of carbonyl (C=O) groups is 3. The molecule has 0 spiro atoms. The molecule has 4 aromatic rings. The Balaban J connectivity index is 1.39. The van der Waals surface area contributed by atoms with Crippen LogP contribution in [0.1, 0.15) is 23.6 Å². The molecule has 0 atom stereocenters. The number of aromatic nitrogens is 2. The normalized spacial score (nSPS) is 12.8. The average Bonchev–Trinajstić information content (AvgIpc) is 3.37. The maximum Gasteiger partial charge on any atom is 0.410 e. The van der Waals surface area contributed by atoms with E-state index in [4.69, 9.17) is 16.3 Å². The number of amides is 4. The summed E-state index contributed by atoms with van der Waals surface area (Å²) in [7, 11) is 1.53. The maximum absolute atomic E-state index is 13.2. The molecule has 1 aliphatic rings. The highest BCUT2D eigenvalue weighted by Gasteiger charge is 2.29. The standard InChI is InChI=1S/C30H30ClN7O4S/c1-4-37-24-12-22(11-10-21(24)14-36(15-26(37)39)30(41)42-16-20-8-6-5-7-9-20)34-28-33-13-23(31)27(35-28)38(29(40)32-3)25-18-43-17-19(25)2/h5-13,17-18H,4,14-16H2,1-3H3,(H,32,40)(H,33,34,35). The lowest BCUT2D eigenvalue weighted by Gasteiger charge is -2.23. The third-order valence-electron chi connectivity index (χ3n) is 6.82. The molecule has 1 aliphatic heterocycles. The predicted molar refractivity (Wildman–Crippen MR) is 167 cm³/mol.